The third kappa shape index (κ3) is 5.46. The van der Waals surface area contributed by atoms with E-state index in [9.17, 15) is 30.3 Å². The van der Waals surface area contributed by atoms with Gasteiger partial charge in [0.1, 0.15) is 0 Å². The molecular formula is C20H13BrN4O8. The number of rotatable bonds is 8. The number of nitrogens with zero attached hydrogens (tertiary/aromatic N) is 4. The smallest absolute Gasteiger partial charge is 0.318 e. The van der Waals surface area contributed by atoms with Crippen molar-refractivity contribution in [2.24, 2.45) is 4.99 Å². The molecule has 0 radical (unpaired) electrons. The van der Waals surface area contributed by atoms with Crippen LogP contribution in [0.4, 0.5) is 22.7 Å². The zero-order valence-corrected chi connectivity index (χ0v) is 18.3. The fraction of sp³-hybridized carbons (Fsp3) is 0.0500. The van der Waals surface area contributed by atoms with Crippen LogP contribution in [0.15, 0.2) is 64.1 Å². The van der Waals surface area contributed by atoms with Gasteiger partial charge >= 0.3 is 5.69 Å². The molecule has 0 fully saturated rings. The monoisotopic (exact) mass is 516 g/mol. The molecule has 33 heavy (non-hydrogen) atoms. The number of ether oxygens (including phenoxy) is 2. The lowest BCUT2D eigenvalue weighted by atomic mass is 10.2. The van der Waals surface area contributed by atoms with Crippen molar-refractivity contribution in [3.05, 3.63) is 95.0 Å². The van der Waals surface area contributed by atoms with E-state index in [1.165, 1.54) is 37.6 Å². The van der Waals surface area contributed by atoms with Crippen molar-refractivity contribution in [2.75, 3.05) is 7.11 Å². The van der Waals surface area contributed by atoms with Gasteiger partial charge in [-0.25, -0.2) is 0 Å². The molecule has 0 atom stereocenters. The molecule has 0 aliphatic rings. The van der Waals surface area contributed by atoms with Crippen LogP contribution < -0.4 is 9.47 Å². The maximum Gasteiger partial charge on any atom is 0.318 e. The third-order valence-corrected chi connectivity index (χ3v) is 4.83. The number of nitro groups is 3. The van der Waals surface area contributed by atoms with E-state index in [1.54, 1.807) is 12.1 Å². The minimum Gasteiger partial charge on any atom is -0.493 e. The van der Waals surface area contributed by atoms with Gasteiger partial charge in [0.05, 0.1) is 38.1 Å². The number of hydrogen-bond acceptors (Lipinski definition) is 9. The van der Waals surface area contributed by atoms with Gasteiger partial charge in [-0.05, 0) is 51.8 Å². The first-order valence-electron chi connectivity index (χ1n) is 8.96. The van der Waals surface area contributed by atoms with E-state index in [2.05, 4.69) is 20.9 Å². The van der Waals surface area contributed by atoms with Gasteiger partial charge < -0.3 is 9.47 Å². The molecule has 0 aromatic heterocycles. The second kappa shape index (κ2) is 9.82. The van der Waals surface area contributed by atoms with Crippen molar-refractivity contribution < 1.29 is 24.2 Å². The van der Waals surface area contributed by atoms with Crippen molar-refractivity contribution in [2.45, 2.75) is 0 Å². The summed E-state index contributed by atoms with van der Waals surface area (Å²) in [4.78, 5) is 35.2. The van der Waals surface area contributed by atoms with E-state index in [0.29, 0.717) is 15.7 Å². The van der Waals surface area contributed by atoms with E-state index < -0.39 is 26.1 Å². The van der Waals surface area contributed by atoms with Gasteiger partial charge in [-0.15, -0.1) is 0 Å². The summed E-state index contributed by atoms with van der Waals surface area (Å²) in [5.74, 6) is 0.112. The van der Waals surface area contributed by atoms with Crippen molar-refractivity contribution >= 4 is 44.9 Å². The molecular weight excluding hydrogens is 504 g/mol. The van der Waals surface area contributed by atoms with Crippen LogP contribution in [-0.2, 0) is 0 Å². The maximum absolute atomic E-state index is 11.4. The Hall–Kier alpha value is -4.39. The van der Waals surface area contributed by atoms with Gasteiger partial charge in [0.25, 0.3) is 11.4 Å². The predicted molar refractivity (Wildman–Crippen MR) is 121 cm³/mol. The Kier molecular flexibility index (Phi) is 6.93. The van der Waals surface area contributed by atoms with Crippen LogP contribution in [0.25, 0.3) is 0 Å². The summed E-state index contributed by atoms with van der Waals surface area (Å²) in [5.41, 5.74) is -0.0276. The Morgan fingerprint density at radius 2 is 1.48 bits per heavy atom. The van der Waals surface area contributed by atoms with Gasteiger partial charge in [-0.2, -0.15) is 0 Å². The van der Waals surface area contributed by atoms with Gasteiger partial charge in [0.15, 0.2) is 11.5 Å². The molecule has 0 bridgehead atoms. The molecule has 0 aliphatic carbocycles. The average Bonchev–Trinajstić information content (AvgIpc) is 2.79. The van der Waals surface area contributed by atoms with E-state index in [4.69, 9.17) is 9.47 Å². The maximum atomic E-state index is 11.4. The molecule has 0 unspecified atom stereocenters. The second-order valence-corrected chi connectivity index (χ2v) is 7.19. The normalized spacial score (nSPS) is 10.7. The number of non-ortho nitro benzene ring substituents is 2. The van der Waals surface area contributed by atoms with E-state index in [-0.39, 0.29) is 22.9 Å². The topological polar surface area (TPSA) is 160 Å². The lowest BCUT2D eigenvalue weighted by Gasteiger charge is -2.13. The number of benzene rings is 3. The summed E-state index contributed by atoms with van der Waals surface area (Å²) in [6, 6.07) is 11.9. The lowest BCUT2D eigenvalue weighted by molar-refractivity contribution is -0.394. The van der Waals surface area contributed by atoms with Crippen molar-refractivity contribution in [3.8, 4) is 17.2 Å². The summed E-state index contributed by atoms with van der Waals surface area (Å²) < 4.78 is 11.4. The minimum absolute atomic E-state index is 0.0554. The zero-order valence-electron chi connectivity index (χ0n) is 16.7. The summed E-state index contributed by atoms with van der Waals surface area (Å²) in [7, 11) is 1.37. The molecule has 12 nitrogen and oxygen atoms in total. The SMILES string of the molecule is COc1cc(C=Nc2ccc([N+](=O)[O-])cc2)cc(Br)c1Oc1ccc([N+](=O)[O-])cc1[N+](=O)[O-]. The predicted octanol–water partition coefficient (Wildman–Crippen LogP) is 5.73. The molecule has 0 heterocycles. The van der Waals surface area contributed by atoms with Crippen molar-refractivity contribution in [1.29, 1.82) is 0 Å². The molecule has 0 spiro atoms. The summed E-state index contributed by atoms with van der Waals surface area (Å²) in [5, 5.41) is 33.0. The van der Waals surface area contributed by atoms with Gasteiger partial charge in [0.2, 0.25) is 5.75 Å². The molecule has 0 saturated heterocycles. The summed E-state index contributed by atoms with van der Waals surface area (Å²) in [6.45, 7) is 0. The second-order valence-electron chi connectivity index (χ2n) is 6.33. The number of nitro benzene ring substituents is 3. The largest absolute Gasteiger partial charge is 0.493 e. The van der Waals surface area contributed by atoms with E-state index in [0.717, 1.165) is 18.2 Å². The number of aliphatic imine (C=N–C) groups is 1. The quantitative estimate of drug-likeness (QED) is 0.208. The number of methoxy groups -OCH3 is 1. The Balaban J connectivity index is 1.92. The van der Waals surface area contributed by atoms with Crippen LogP contribution in [0.2, 0.25) is 0 Å². The molecule has 13 heteroatoms. The van der Waals surface area contributed by atoms with Crippen LogP contribution in [0, 0.1) is 30.3 Å². The fourth-order valence-electron chi connectivity index (χ4n) is 2.68. The molecule has 0 saturated carbocycles. The number of halogens is 1. The highest BCUT2D eigenvalue weighted by Gasteiger charge is 2.23. The molecule has 0 N–H and O–H groups in total. The Labute approximate surface area is 193 Å². The molecule has 3 rings (SSSR count). The Morgan fingerprint density at radius 1 is 0.848 bits per heavy atom. The third-order valence-electron chi connectivity index (χ3n) is 4.24. The molecule has 0 aliphatic heterocycles. The number of hydrogen-bond donors (Lipinski definition) is 0. The first-order valence-corrected chi connectivity index (χ1v) is 9.75. The Morgan fingerprint density at radius 3 is 2.06 bits per heavy atom. The van der Waals surface area contributed by atoms with Crippen LogP contribution >= 0.6 is 15.9 Å². The van der Waals surface area contributed by atoms with Gasteiger partial charge in [-0.1, -0.05) is 0 Å². The highest BCUT2D eigenvalue weighted by Crippen LogP contribution is 2.42. The van der Waals surface area contributed by atoms with Crippen LogP contribution in [0.1, 0.15) is 5.56 Å². The first-order chi connectivity index (χ1) is 15.7. The fourth-order valence-corrected chi connectivity index (χ4v) is 3.22. The summed E-state index contributed by atoms with van der Waals surface area (Å²) in [6.07, 6.45) is 1.49. The first kappa shape index (κ1) is 23.3. The highest BCUT2D eigenvalue weighted by molar-refractivity contribution is 9.10. The van der Waals surface area contributed by atoms with E-state index >= 15 is 0 Å². The standard InChI is InChI=1S/C20H13BrN4O8/c1-32-19-9-12(11-22-13-2-4-14(5-3-13)23(26)27)8-16(21)20(19)33-18-7-6-15(24(28)29)10-17(18)25(30)31/h2-11H,1H3. The average molecular weight is 517 g/mol. The molecule has 3 aromatic rings. The zero-order chi connectivity index (χ0) is 24.1. The van der Waals surface area contributed by atoms with E-state index in [1.807, 2.05) is 0 Å². The minimum atomic E-state index is -0.784. The van der Waals surface area contributed by atoms with Crippen LogP contribution in [0.5, 0.6) is 17.2 Å². The summed E-state index contributed by atoms with van der Waals surface area (Å²) >= 11 is 3.33. The van der Waals surface area contributed by atoms with Crippen molar-refractivity contribution in [1.82, 2.24) is 0 Å². The van der Waals surface area contributed by atoms with Gasteiger partial charge in [-0.3, -0.25) is 35.3 Å². The van der Waals surface area contributed by atoms with Crippen molar-refractivity contribution in [3.63, 3.8) is 0 Å². The van der Waals surface area contributed by atoms with Crippen LogP contribution in [-0.4, -0.2) is 28.1 Å². The van der Waals surface area contributed by atoms with Crippen LogP contribution in [0.3, 0.4) is 0 Å². The molecule has 0 amide bonds. The molecule has 168 valence electrons. The Bertz CT molecular complexity index is 1280. The van der Waals surface area contributed by atoms with Gasteiger partial charge in [0, 0.05) is 24.4 Å². The molecule has 3 aromatic carbocycles. The highest BCUT2D eigenvalue weighted by atomic mass is 79.9. The lowest BCUT2D eigenvalue weighted by Crippen LogP contribution is -1.98.